The molecule has 6 nitrogen and oxygen atoms in total. The molecular weight excluding hydrogens is 346 g/mol. The first kappa shape index (κ1) is 16.9. The van der Waals surface area contributed by atoms with E-state index in [2.05, 4.69) is 56.3 Å². The van der Waals surface area contributed by atoms with Crippen molar-refractivity contribution in [2.45, 2.75) is 6.54 Å². The fraction of sp³-hybridized carbons (Fsp3) is 0.316. The van der Waals surface area contributed by atoms with Gasteiger partial charge in [0, 0.05) is 38.6 Å². The van der Waals surface area contributed by atoms with Gasteiger partial charge in [0.2, 0.25) is 5.13 Å². The van der Waals surface area contributed by atoms with Crippen LogP contribution in [-0.2, 0) is 11.3 Å². The molecule has 0 aliphatic carbocycles. The second-order valence-corrected chi connectivity index (χ2v) is 7.14. The minimum atomic E-state index is 0.782. The molecule has 1 aliphatic rings. The topological polar surface area (TPSA) is 54.4 Å². The molecule has 0 atom stereocenters. The van der Waals surface area contributed by atoms with Gasteiger partial charge in [0.25, 0.3) is 0 Å². The summed E-state index contributed by atoms with van der Waals surface area (Å²) in [5.41, 5.74) is 3.42. The molecule has 2 aromatic heterocycles. The number of pyridine rings is 1. The van der Waals surface area contributed by atoms with Crippen LogP contribution in [0.1, 0.15) is 5.56 Å². The van der Waals surface area contributed by atoms with Crippen LogP contribution < -0.4 is 9.80 Å². The van der Waals surface area contributed by atoms with Gasteiger partial charge in [0.05, 0.1) is 13.2 Å². The summed E-state index contributed by atoms with van der Waals surface area (Å²) in [6, 6.07) is 14.4. The van der Waals surface area contributed by atoms with E-state index < -0.39 is 0 Å². The second kappa shape index (κ2) is 7.80. The average Bonchev–Trinajstić information content (AvgIpc) is 3.20. The molecule has 1 aromatic carbocycles. The Morgan fingerprint density at radius 3 is 2.69 bits per heavy atom. The fourth-order valence-electron chi connectivity index (χ4n) is 3.04. The van der Waals surface area contributed by atoms with E-state index >= 15 is 0 Å². The average molecular weight is 367 g/mol. The van der Waals surface area contributed by atoms with E-state index in [1.165, 1.54) is 11.3 Å². The first-order valence-electron chi connectivity index (χ1n) is 8.68. The number of hydrogen-bond donors (Lipinski definition) is 0. The van der Waals surface area contributed by atoms with Crippen molar-refractivity contribution < 1.29 is 4.74 Å². The molecule has 0 saturated carbocycles. The molecule has 7 heteroatoms. The lowest BCUT2D eigenvalue weighted by atomic mass is 10.1. The summed E-state index contributed by atoms with van der Waals surface area (Å²) in [7, 11) is 2.05. The van der Waals surface area contributed by atoms with E-state index in [1.807, 2.05) is 18.2 Å². The number of morpholine rings is 1. The smallest absolute Gasteiger partial charge is 0.208 e. The predicted molar refractivity (Wildman–Crippen MR) is 105 cm³/mol. The van der Waals surface area contributed by atoms with Gasteiger partial charge in [0.15, 0.2) is 5.01 Å². The summed E-state index contributed by atoms with van der Waals surface area (Å²) in [6.45, 7) is 4.22. The van der Waals surface area contributed by atoms with E-state index in [1.54, 1.807) is 17.5 Å². The highest BCUT2D eigenvalue weighted by molar-refractivity contribution is 7.18. The van der Waals surface area contributed by atoms with Crippen molar-refractivity contribution in [3.63, 3.8) is 0 Å². The van der Waals surface area contributed by atoms with Gasteiger partial charge < -0.3 is 14.5 Å². The molecule has 1 saturated heterocycles. The molecule has 26 heavy (non-hydrogen) atoms. The molecule has 1 fully saturated rings. The molecule has 1 aliphatic heterocycles. The van der Waals surface area contributed by atoms with Crippen LogP contribution in [0.15, 0.2) is 48.7 Å². The van der Waals surface area contributed by atoms with Crippen molar-refractivity contribution in [2.24, 2.45) is 0 Å². The zero-order valence-electron chi connectivity index (χ0n) is 14.7. The van der Waals surface area contributed by atoms with Gasteiger partial charge in [-0.2, -0.15) is 0 Å². The Balaban J connectivity index is 1.52. The van der Waals surface area contributed by atoms with E-state index in [4.69, 9.17) is 4.74 Å². The maximum atomic E-state index is 5.48. The minimum absolute atomic E-state index is 0.782. The number of para-hydroxylation sites is 1. The third-order valence-electron chi connectivity index (χ3n) is 4.38. The van der Waals surface area contributed by atoms with Gasteiger partial charge in [-0.3, -0.25) is 4.98 Å². The normalized spacial score (nSPS) is 14.4. The van der Waals surface area contributed by atoms with Gasteiger partial charge in [-0.1, -0.05) is 35.6 Å². The van der Waals surface area contributed by atoms with E-state index in [-0.39, 0.29) is 0 Å². The Labute approximate surface area is 157 Å². The molecule has 0 radical (unpaired) electrons. The molecule has 0 spiro atoms. The number of hydrogen-bond acceptors (Lipinski definition) is 7. The lowest BCUT2D eigenvalue weighted by Crippen LogP contribution is -2.37. The number of aromatic nitrogens is 3. The number of nitrogens with zero attached hydrogens (tertiary/aromatic N) is 5. The molecule has 3 heterocycles. The van der Waals surface area contributed by atoms with Gasteiger partial charge >= 0.3 is 0 Å². The fourth-order valence-corrected chi connectivity index (χ4v) is 3.82. The van der Waals surface area contributed by atoms with Gasteiger partial charge in [-0.05, 0) is 23.8 Å². The Kier molecular flexibility index (Phi) is 5.08. The Hall–Kier alpha value is -2.51. The zero-order valence-corrected chi connectivity index (χ0v) is 15.5. The number of anilines is 2. The number of rotatable bonds is 5. The quantitative estimate of drug-likeness (QED) is 0.691. The first-order chi connectivity index (χ1) is 12.8. The predicted octanol–water partition coefficient (Wildman–Crippen LogP) is 3.07. The monoisotopic (exact) mass is 367 g/mol. The summed E-state index contributed by atoms with van der Waals surface area (Å²) in [5.74, 6) is 0. The van der Waals surface area contributed by atoms with Crippen LogP contribution >= 0.6 is 11.3 Å². The highest BCUT2D eigenvalue weighted by Gasteiger charge is 2.17. The van der Waals surface area contributed by atoms with Crippen molar-refractivity contribution in [3.8, 4) is 10.7 Å². The number of ether oxygens (including phenoxy) is 1. The third kappa shape index (κ3) is 3.68. The second-order valence-electron chi connectivity index (χ2n) is 6.19. The summed E-state index contributed by atoms with van der Waals surface area (Å²) < 4.78 is 5.48. The van der Waals surface area contributed by atoms with Crippen LogP contribution in [0.4, 0.5) is 10.8 Å². The van der Waals surface area contributed by atoms with E-state index in [9.17, 15) is 0 Å². The van der Waals surface area contributed by atoms with Crippen molar-refractivity contribution in [2.75, 3.05) is 43.2 Å². The number of benzene rings is 1. The first-order valence-corrected chi connectivity index (χ1v) is 9.49. The molecule has 0 N–H and O–H groups in total. The molecule has 0 bridgehead atoms. The van der Waals surface area contributed by atoms with Crippen molar-refractivity contribution in [1.29, 1.82) is 0 Å². The van der Waals surface area contributed by atoms with Crippen molar-refractivity contribution in [3.05, 3.63) is 54.2 Å². The Bertz CT molecular complexity index is 848. The minimum Gasteiger partial charge on any atom is -0.378 e. The summed E-state index contributed by atoms with van der Waals surface area (Å²) in [5, 5.41) is 10.4. The van der Waals surface area contributed by atoms with Crippen LogP contribution in [0.5, 0.6) is 0 Å². The van der Waals surface area contributed by atoms with Gasteiger partial charge in [-0.15, -0.1) is 10.2 Å². The van der Waals surface area contributed by atoms with Crippen LogP contribution in [0.3, 0.4) is 0 Å². The Morgan fingerprint density at radius 1 is 1.08 bits per heavy atom. The maximum Gasteiger partial charge on any atom is 0.208 e. The maximum absolute atomic E-state index is 5.48. The van der Waals surface area contributed by atoms with Crippen LogP contribution in [-0.4, -0.2) is 48.5 Å². The molecule has 0 unspecified atom stereocenters. The molecule has 3 aromatic rings. The third-order valence-corrected chi connectivity index (χ3v) is 5.44. The molecule has 4 rings (SSSR count). The lowest BCUT2D eigenvalue weighted by molar-refractivity contribution is 0.122. The van der Waals surface area contributed by atoms with Crippen LogP contribution in [0.2, 0.25) is 0 Å². The molecule has 134 valence electrons. The van der Waals surface area contributed by atoms with Crippen LogP contribution in [0.25, 0.3) is 10.7 Å². The summed E-state index contributed by atoms with van der Waals surface area (Å²) in [4.78, 5) is 8.89. The van der Waals surface area contributed by atoms with Crippen molar-refractivity contribution in [1.82, 2.24) is 15.2 Å². The summed E-state index contributed by atoms with van der Waals surface area (Å²) >= 11 is 1.56. The van der Waals surface area contributed by atoms with Gasteiger partial charge in [0.1, 0.15) is 5.69 Å². The molecule has 0 amide bonds. The zero-order chi connectivity index (χ0) is 17.8. The van der Waals surface area contributed by atoms with E-state index in [0.717, 1.165) is 48.7 Å². The standard InChI is InChI=1S/C19H21N5OS/c1-23(19-22-21-18(26-19)16-7-4-5-9-20-16)14-15-6-2-3-8-17(15)24-10-12-25-13-11-24/h2-9H,10-14H2,1H3. The summed E-state index contributed by atoms with van der Waals surface area (Å²) in [6.07, 6.45) is 1.78. The highest BCUT2D eigenvalue weighted by Crippen LogP contribution is 2.29. The largest absolute Gasteiger partial charge is 0.378 e. The highest BCUT2D eigenvalue weighted by atomic mass is 32.1. The molecular formula is C19H21N5OS. The van der Waals surface area contributed by atoms with Gasteiger partial charge in [-0.25, -0.2) is 0 Å². The van der Waals surface area contributed by atoms with E-state index in [0.29, 0.717) is 0 Å². The lowest BCUT2D eigenvalue weighted by Gasteiger charge is -2.31. The Morgan fingerprint density at radius 2 is 1.88 bits per heavy atom. The van der Waals surface area contributed by atoms with Crippen molar-refractivity contribution >= 4 is 22.2 Å². The SMILES string of the molecule is CN(Cc1ccccc1N1CCOCC1)c1nnc(-c2ccccn2)s1. The van der Waals surface area contributed by atoms with Crippen LogP contribution in [0, 0.1) is 0 Å².